The normalized spacial score (nSPS) is 13.8. The third-order valence-electron chi connectivity index (χ3n) is 3.81. The van der Waals surface area contributed by atoms with E-state index in [1.165, 1.54) is 24.0 Å². The summed E-state index contributed by atoms with van der Waals surface area (Å²) < 4.78 is 0. The number of aromatic nitrogens is 1. The molecule has 3 rings (SSSR count). The van der Waals surface area contributed by atoms with Crippen LogP contribution in [0.2, 0.25) is 0 Å². The molecule has 0 unspecified atom stereocenters. The number of carbonyl (C=O) groups is 1. The van der Waals surface area contributed by atoms with Gasteiger partial charge in [0.15, 0.2) is 0 Å². The molecule has 22 heavy (non-hydrogen) atoms. The molecule has 1 aromatic heterocycles. The van der Waals surface area contributed by atoms with E-state index in [0.717, 1.165) is 24.6 Å². The van der Waals surface area contributed by atoms with Crippen LogP contribution in [0.4, 0.5) is 5.69 Å². The summed E-state index contributed by atoms with van der Waals surface area (Å²) in [7, 11) is 0. The molecular weight excluding hydrogens is 274 g/mol. The Hall–Kier alpha value is -2.20. The van der Waals surface area contributed by atoms with Crippen LogP contribution >= 0.6 is 0 Å². The second-order valence-corrected chi connectivity index (χ2v) is 5.85. The average molecular weight is 295 g/mol. The van der Waals surface area contributed by atoms with Crippen LogP contribution in [0.25, 0.3) is 0 Å². The van der Waals surface area contributed by atoms with Crippen molar-refractivity contribution in [3.63, 3.8) is 0 Å². The number of benzene rings is 1. The lowest BCUT2D eigenvalue weighted by Crippen LogP contribution is -2.29. The molecule has 1 saturated carbocycles. The lowest BCUT2D eigenvalue weighted by Gasteiger charge is -2.07. The Balaban J connectivity index is 1.47. The van der Waals surface area contributed by atoms with Crippen molar-refractivity contribution in [1.82, 2.24) is 10.3 Å². The van der Waals surface area contributed by atoms with Crippen molar-refractivity contribution >= 4 is 11.6 Å². The second-order valence-electron chi connectivity index (χ2n) is 5.85. The number of nitrogens with zero attached hydrogens (tertiary/aromatic N) is 1. The molecule has 0 radical (unpaired) electrons. The zero-order chi connectivity index (χ0) is 15.2. The molecule has 0 saturated heterocycles. The van der Waals surface area contributed by atoms with E-state index in [-0.39, 0.29) is 5.91 Å². The van der Waals surface area contributed by atoms with Gasteiger partial charge in [0.05, 0.1) is 6.54 Å². The van der Waals surface area contributed by atoms with Gasteiger partial charge in [-0.15, -0.1) is 0 Å². The number of hydrogen-bond donors (Lipinski definition) is 2. The molecule has 1 aromatic carbocycles. The van der Waals surface area contributed by atoms with Crippen LogP contribution < -0.4 is 10.6 Å². The molecular formula is C18H21N3O. The quantitative estimate of drug-likeness (QED) is 0.825. The lowest BCUT2D eigenvalue weighted by molar-refractivity contribution is -0.115. The Morgan fingerprint density at radius 3 is 2.41 bits per heavy atom. The van der Waals surface area contributed by atoms with E-state index in [4.69, 9.17) is 0 Å². The molecule has 2 aromatic rings. The summed E-state index contributed by atoms with van der Waals surface area (Å²) in [6.07, 6.45) is 7.08. The van der Waals surface area contributed by atoms with Gasteiger partial charge in [-0.25, -0.2) is 0 Å². The van der Waals surface area contributed by atoms with Crippen molar-refractivity contribution in [1.29, 1.82) is 0 Å². The van der Waals surface area contributed by atoms with Gasteiger partial charge in [0.1, 0.15) is 0 Å². The molecule has 1 aliphatic carbocycles. The fraction of sp³-hybridized carbons (Fsp3) is 0.333. The first-order chi connectivity index (χ1) is 10.8. The fourth-order valence-corrected chi connectivity index (χ4v) is 2.36. The molecule has 0 spiro atoms. The minimum absolute atomic E-state index is 0.0162. The number of rotatable bonds is 7. The van der Waals surface area contributed by atoms with Gasteiger partial charge in [0.2, 0.25) is 5.91 Å². The number of carbonyl (C=O) groups excluding carboxylic acids is 1. The predicted molar refractivity (Wildman–Crippen MR) is 87.7 cm³/mol. The van der Waals surface area contributed by atoms with E-state index in [1.807, 2.05) is 36.4 Å². The number of nitrogens with one attached hydrogen (secondary N) is 2. The third-order valence-corrected chi connectivity index (χ3v) is 3.81. The summed E-state index contributed by atoms with van der Waals surface area (Å²) in [5, 5.41) is 6.11. The molecule has 4 heteroatoms. The molecule has 0 atom stereocenters. The SMILES string of the molecule is O=C(CNCC1CC1)Nc1ccc(Cc2ccncc2)cc1. The highest BCUT2D eigenvalue weighted by atomic mass is 16.1. The summed E-state index contributed by atoms with van der Waals surface area (Å²) in [4.78, 5) is 15.8. The van der Waals surface area contributed by atoms with Crippen molar-refractivity contribution in [2.24, 2.45) is 5.92 Å². The van der Waals surface area contributed by atoms with Crippen LogP contribution in [0, 0.1) is 5.92 Å². The van der Waals surface area contributed by atoms with E-state index < -0.39 is 0 Å². The van der Waals surface area contributed by atoms with Crippen LogP contribution in [0.5, 0.6) is 0 Å². The highest BCUT2D eigenvalue weighted by Crippen LogP contribution is 2.27. The van der Waals surface area contributed by atoms with Gasteiger partial charge >= 0.3 is 0 Å². The highest BCUT2D eigenvalue weighted by Gasteiger charge is 2.20. The van der Waals surface area contributed by atoms with Gasteiger partial charge in [-0.1, -0.05) is 12.1 Å². The van der Waals surface area contributed by atoms with Crippen LogP contribution in [0.15, 0.2) is 48.8 Å². The maximum Gasteiger partial charge on any atom is 0.238 e. The van der Waals surface area contributed by atoms with Crippen molar-refractivity contribution in [3.05, 3.63) is 59.9 Å². The van der Waals surface area contributed by atoms with Crippen molar-refractivity contribution < 1.29 is 4.79 Å². The third kappa shape index (κ3) is 4.67. The van der Waals surface area contributed by atoms with Gasteiger partial charge < -0.3 is 10.6 Å². The highest BCUT2D eigenvalue weighted by molar-refractivity contribution is 5.92. The minimum atomic E-state index is 0.0162. The first-order valence-electron chi connectivity index (χ1n) is 7.78. The van der Waals surface area contributed by atoms with Crippen molar-refractivity contribution in [2.45, 2.75) is 19.3 Å². The van der Waals surface area contributed by atoms with E-state index in [0.29, 0.717) is 6.54 Å². The Morgan fingerprint density at radius 2 is 1.73 bits per heavy atom. The van der Waals surface area contributed by atoms with Gasteiger partial charge in [0.25, 0.3) is 0 Å². The number of anilines is 1. The monoisotopic (exact) mass is 295 g/mol. The fourth-order valence-electron chi connectivity index (χ4n) is 2.36. The van der Waals surface area contributed by atoms with Gasteiger partial charge in [-0.2, -0.15) is 0 Å². The predicted octanol–water partition coefficient (Wildman–Crippen LogP) is 2.61. The average Bonchev–Trinajstić information content (AvgIpc) is 3.35. The number of amides is 1. The Morgan fingerprint density at radius 1 is 1.05 bits per heavy atom. The van der Waals surface area contributed by atoms with Crippen molar-refractivity contribution in [3.8, 4) is 0 Å². The summed E-state index contributed by atoms with van der Waals surface area (Å²) in [6.45, 7) is 1.34. The van der Waals surface area contributed by atoms with E-state index >= 15 is 0 Å². The van der Waals surface area contributed by atoms with Gasteiger partial charge in [-0.3, -0.25) is 9.78 Å². The Bertz CT molecular complexity index is 606. The summed E-state index contributed by atoms with van der Waals surface area (Å²) in [5.74, 6) is 0.808. The lowest BCUT2D eigenvalue weighted by atomic mass is 10.1. The van der Waals surface area contributed by atoms with Crippen LogP contribution in [0.3, 0.4) is 0 Å². The van der Waals surface area contributed by atoms with E-state index in [1.54, 1.807) is 12.4 Å². The Kier molecular flexibility index (Phi) is 4.81. The zero-order valence-corrected chi connectivity index (χ0v) is 12.6. The minimum Gasteiger partial charge on any atom is -0.325 e. The number of hydrogen-bond acceptors (Lipinski definition) is 3. The Labute approximate surface area is 131 Å². The molecule has 114 valence electrons. The maximum atomic E-state index is 11.8. The molecule has 1 aliphatic rings. The molecule has 1 amide bonds. The summed E-state index contributed by atoms with van der Waals surface area (Å²) in [5.41, 5.74) is 3.30. The van der Waals surface area contributed by atoms with E-state index in [9.17, 15) is 4.79 Å². The molecule has 0 bridgehead atoms. The summed E-state index contributed by atoms with van der Waals surface area (Å²) >= 11 is 0. The van der Waals surface area contributed by atoms with E-state index in [2.05, 4.69) is 15.6 Å². The molecule has 1 heterocycles. The summed E-state index contributed by atoms with van der Waals surface area (Å²) in [6, 6.07) is 12.0. The largest absolute Gasteiger partial charge is 0.325 e. The topological polar surface area (TPSA) is 54.0 Å². The van der Waals surface area contributed by atoms with Gasteiger partial charge in [0, 0.05) is 18.1 Å². The van der Waals surface area contributed by atoms with Crippen LogP contribution in [0.1, 0.15) is 24.0 Å². The first-order valence-corrected chi connectivity index (χ1v) is 7.78. The van der Waals surface area contributed by atoms with Crippen molar-refractivity contribution in [2.75, 3.05) is 18.4 Å². The zero-order valence-electron chi connectivity index (χ0n) is 12.6. The van der Waals surface area contributed by atoms with Crippen LogP contribution in [-0.4, -0.2) is 24.0 Å². The van der Waals surface area contributed by atoms with Crippen LogP contribution in [-0.2, 0) is 11.2 Å². The van der Waals surface area contributed by atoms with Gasteiger partial charge in [-0.05, 0) is 67.1 Å². The first kappa shape index (κ1) is 14.7. The molecule has 1 fully saturated rings. The molecule has 0 aliphatic heterocycles. The second kappa shape index (κ2) is 7.18. The molecule has 2 N–H and O–H groups in total. The smallest absolute Gasteiger partial charge is 0.238 e. The maximum absolute atomic E-state index is 11.8. The molecule has 4 nitrogen and oxygen atoms in total. The standard InChI is InChI=1S/C18H21N3O/c22-18(13-20-12-16-1-2-16)21-17-5-3-14(4-6-17)11-15-7-9-19-10-8-15/h3-10,16,20H,1-2,11-13H2,(H,21,22). The number of pyridine rings is 1.